The molecular formula is C22H16N2O5S2. The van der Waals surface area contributed by atoms with Crippen molar-refractivity contribution < 1.29 is 21.2 Å². The molecule has 5 rings (SSSR count). The van der Waals surface area contributed by atoms with Crippen LogP contribution in [0.5, 0.6) is 0 Å². The van der Waals surface area contributed by atoms with Gasteiger partial charge in [-0.05, 0) is 35.7 Å². The molecule has 5 aromatic rings. The molecule has 0 radical (unpaired) electrons. The van der Waals surface area contributed by atoms with Crippen molar-refractivity contribution in [2.75, 3.05) is 14.2 Å². The van der Waals surface area contributed by atoms with Crippen LogP contribution >= 0.6 is 12.0 Å². The van der Waals surface area contributed by atoms with E-state index in [0.29, 0.717) is 16.8 Å². The van der Waals surface area contributed by atoms with Gasteiger partial charge in [0.25, 0.3) is 0 Å². The van der Waals surface area contributed by atoms with Gasteiger partial charge in [-0.3, -0.25) is 9.17 Å². The maximum Gasteiger partial charge on any atom is 0.300 e. The van der Waals surface area contributed by atoms with E-state index in [4.69, 9.17) is 17.8 Å². The van der Waals surface area contributed by atoms with Gasteiger partial charge >= 0.3 is 10.1 Å². The fourth-order valence-electron chi connectivity index (χ4n) is 3.57. The Balaban J connectivity index is 1.86. The van der Waals surface area contributed by atoms with Crippen LogP contribution in [0.25, 0.3) is 44.2 Å². The van der Waals surface area contributed by atoms with Crippen molar-refractivity contribution in [2.24, 2.45) is 0 Å². The van der Waals surface area contributed by atoms with Gasteiger partial charge in [0.05, 0.1) is 19.7 Å². The lowest BCUT2D eigenvalue weighted by atomic mass is 10.1. The van der Waals surface area contributed by atoms with E-state index in [0.717, 1.165) is 33.9 Å². The van der Waals surface area contributed by atoms with Gasteiger partial charge in [0.15, 0.2) is 5.58 Å². The van der Waals surface area contributed by atoms with Crippen LogP contribution in [0, 0.1) is 0 Å². The first-order valence-electron chi connectivity index (χ1n) is 9.24. The Hall–Kier alpha value is -2.98. The summed E-state index contributed by atoms with van der Waals surface area (Å²) in [6.45, 7) is 0. The zero-order chi connectivity index (χ0) is 21.6. The summed E-state index contributed by atoms with van der Waals surface area (Å²) in [5, 5.41) is 2.30. The Bertz CT molecular complexity index is 1560. The van der Waals surface area contributed by atoms with E-state index in [2.05, 4.69) is 4.98 Å². The number of para-hydroxylation sites is 1. The van der Waals surface area contributed by atoms with Gasteiger partial charge in [0.2, 0.25) is 5.89 Å². The minimum absolute atomic E-state index is 0.0748. The van der Waals surface area contributed by atoms with Crippen LogP contribution in [-0.4, -0.2) is 32.6 Å². The average Bonchev–Trinajstić information content (AvgIpc) is 3.23. The largest absolute Gasteiger partial charge is 0.435 e. The minimum Gasteiger partial charge on any atom is -0.435 e. The monoisotopic (exact) mass is 452 g/mol. The smallest absolute Gasteiger partial charge is 0.300 e. The van der Waals surface area contributed by atoms with Crippen LogP contribution in [0.1, 0.15) is 0 Å². The number of hydrogen-bond acceptors (Lipinski definition) is 8. The third-order valence-corrected chi connectivity index (χ3v) is 6.86. The van der Waals surface area contributed by atoms with Crippen molar-refractivity contribution in [3.05, 3.63) is 60.8 Å². The van der Waals surface area contributed by atoms with Crippen LogP contribution in [0.4, 0.5) is 0 Å². The average molecular weight is 453 g/mol. The molecule has 0 aliphatic rings. The summed E-state index contributed by atoms with van der Waals surface area (Å²) in [6.07, 6.45) is 1.67. The molecule has 0 aliphatic carbocycles. The second kappa shape index (κ2) is 7.61. The lowest BCUT2D eigenvalue weighted by molar-refractivity contribution is 0.397. The molecule has 2 heterocycles. The Morgan fingerprint density at radius 3 is 2.65 bits per heavy atom. The number of oxazole rings is 1. The van der Waals surface area contributed by atoms with Gasteiger partial charge in [-0.2, -0.15) is 8.42 Å². The highest BCUT2D eigenvalue weighted by molar-refractivity contribution is 7.94. The lowest BCUT2D eigenvalue weighted by Gasteiger charge is -2.06. The lowest BCUT2D eigenvalue weighted by Crippen LogP contribution is -2.03. The van der Waals surface area contributed by atoms with Gasteiger partial charge in [-0.1, -0.05) is 24.3 Å². The predicted molar refractivity (Wildman–Crippen MR) is 119 cm³/mol. The van der Waals surface area contributed by atoms with Crippen LogP contribution in [0.3, 0.4) is 0 Å². The molecule has 0 saturated carbocycles. The van der Waals surface area contributed by atoms with E-state index >= 15 is 0 Å². The van der Waals surface area contributed by atoms with Crippen molar-refractivity contribution in [3.63, 3.8) is 0 Å². The molecule has 0 unspecified atom stereocenters. The van der Waals surface area contributed by atoms with Crippen LogP contribution < -0.4 is 0 Å². The Morgan fingerprint density at radius 1 is 1.00 bits per heavy atom. The van der Waals surface area contributed by atoms with E-state index in [-0.39, 0.29) is 10.5 Å². The SMILES string of the molecule is COSc1ccc2c(c1)cc(S(=O)(=O)OC)c1oc(-c3ccnc4ccccc34)nc12. The van der Waals surface area contributed by atoms with E-state index < -0.39 is 10.1 Å². The molecule has 0 bridgehead atoms. The molecule has 0 N–H and O–H groups in total. The highest BCUT2D eigenvalue weighted by Gasteiger charge is 2.25. The molecule has 31 heavy (non-hydrogen) atoms. The molecular weight excluding hydrogens is 436 g/mol. The minimum atomic E-state index is -4.04. The second-order valence-electron chi connectivity index (χ2n) is 6.70. The van der Waals surface area contributed by atoms with Gasteiger partial charge in [0.1, 0.15) is 10.4 Å². The van der Waals surface area contributed by atoms with Crippen LogP contribution in [0.2, 0.25) is 0 Å². The zero-order valence-electron chi connectivity index (χ0n) is 16.5. The van der Waals surface area contributed by atoms with Crippen LogP contribution in [-0.2, 0) is 18.5 Å². The van der Waals surface area contributed by atoms with Gasteiger partial charge in [-0.15, -0.1) is 0 Å². The van der Waals surface area contributed by atoms with Gasteiger partial charge < -0.3 is 8.60 Å². The molecule has 0 spiro atoms. The molecule has 0 aliphatic heterocycles. The fourth-order valence-corrected chi connectivity index (χ4v) is 4.88. The molecule has 2 aromatic heterocycles. The summed E-state index contributed by atoms with van der Waals surface area (Å²) in [4.78, 5) is 9.82. The number of nitrogens with zero attached hydrogens (tertiary/aromatic N) is 2. The Kier molecular flexibility index (Phi) is 4.90. The normalized spacial score (nSPS) is 12.2. The molecule has 0 saturated heterocycles. The number of pyridine rings is 1. The third kappa shape index (κ3) is 3.35. The molecule has 0 atom stereocenters. The summed E-state index contributed by atoms with van der Waals surface area (Å²) in [7, 11) is -1.34. The quantitative estimate of drug-likeness (QED) is 0.266. The van der Waals surface area contributed by atoms with Crippen molar-refractivity contribution in [1.29, 1.82) is 0 Å². The zero-order valence-corrected chi connectivity index (χ0v) is 18.2. The topological polar surface area (TPSA) is 91.5 Å². The Labute approximate surface area is 182 Å². The van der Waals surface area contributed by atoms with Crippen molar-refractivity contribution in [1.82, 2.24) is 9.97 Å². The van der Waals surface area contributed by atoms with Crippen molar-refractivity contribution >= 4 is 54.9 Å². The van der Waals surface area contributed by atoms with E-state index in [1.807, 2.05) is 42.5 Å². The second-order valence-corrected chi connectivity index (χ2v) is 9.35. The number of hydrogen-bond donors (Lipinski definition) is 0. The summed E-state index contributed by atoms with van der Waals surface area (Å²) in [6, 6.07) is 16.6. The fraction of sp³-hybridized carbons (Fsp3) is 0.0909. The first kappa shape index (κ1) is 20.0. The molecule has 7 nitrogen and oxygen atoms in total. The van der Waals surface area contributed by atoms with Gasteiger partial charge in [-0.25, -0.2) is 4.98 Å². The molecule has 9 heteroatoms. The molecule has 0 amide bonds. The summed E-state index contributed by atoms with van der Waals surface area (Å²) >= 11 is 1.19. The third-order valence-electron chi connectivity index (χ3n) is 4.96. The molecule has 3 aromatic carbocycles. The standard InChI is InChI=1S/C22H16N2O5S2/c1-27-30-14-7-8-15-13(11-14)12-19(31(25,26)28-2)21-20(15)24-22(29-21)17-9-10-23-18-6-4-3-5-16(17)18/h3-12H,1-2H3. The first-order valence-corrected chi connectivity index (χ1v) is 11.4. The highest BCUT2D eigenvalue weighted by atomic mass is 32.2. The van der Waals surface area contributed by atoms with E-state index in [1.165, 1.54) is 18.1 Å². The summed E-state index contributed by atoms with van der Waals surface area (Å²) in [5.41, 5.74) is 2.11. The maximum absolute atomic E-state index is 12.7. The van der Waals surface area contributed by atoms with Crippen LogP contribution in [0.15, 0.2) is 75.0 Å². The van der Waals surface area contributed by atoms with Crippen molar-refractivity contribution in [3.8, 4) is 11.5 Å². The van der Waals surface area contributed by atoms with E-state index in [1.54, 1.807) is 19.4 Å². The van der Waals surface area contributed by atoms with Crippen molar-refractivity contribution in [2.45, 2.75) is 9.79 Å². The number of benzene rings is 3. The maximum atomic E-state index is 12.7. The first-order chi connectivity index (χ1) is 15.0. The van der Waals surface area contributed by atoms with Gasteiger partial charge in [0, 0.05) is 39.5 Å². The number of fused-ring (bicyclic) bond motifs is 4. The summed E-state index contributed by atoms with van der Waals surface area (Å²) < 4.78 is 41.3. The molecule has 0 fully saturated rings. The number of aromatic nitrogens is 2. The van der Waals surface area contributed by atoms with E-state index in [9.17, 15) is 8.42 Å². The molecule has 156 valence electrons. The summed E-state index contributed by atoms with van der Waals surface area (Å²) in [5.74, 6) is 0.309. The highest BCUT2D eigenvalue weighted by Crippen LogP contribution is 2.37. The Morgan fingerprint density at radius 2 is 1.84 bits per heavy atom. The number of rotatable bonds is 5. The predicted octanol–water partition coefficient (Wildman–Crippen LogP) is 5.18.